The number of halogens is 3. The molecule has 0 aliphatic rings. The van der Waals surface area contributed by atoms with Gasteiger partial charge in [-0.15, -0.1) is 0 Å². The molecular formula is C15H17F3O5. The van der Waals surface area contributed by atoms with Gasteiger partial charge in [0.2, 0.25) is 0 Å². The lowest BCUT2D eigenvalue weighted by molar-refractivity contribution is -0.278. The summed E-state index contributed by atoms with van der Waals surface area (Å²) >= 11 is 0. The second-order valence-electron chi connectivity index (χ2n) is 4.55. The van der Waals surface area contributed by atoms with Gasteiger partial charge >= 0.3 is 18.1 Å². The minimum atomic E-state index is -5.09. The first kappa shape index (κ1) is 19.0. The van der Waals surface area contributed by atoms with Crippen LogP contribution in [0.15, 0.2) is 30.3 Å². The molecule has 1 unspecified atom stereocenters. The van der Waals surface area contributed by atoms with Crippen molar-refractivity contribution < 1.29 is 37.0 Å². The van der Waals surface area contributed by atoms with E-state index in [9.17, 15) is 22.8 Å². The summed E-state index contributed by atoms with van der Waals surface area (Å²) in [4.78, 5) is 23.6. The number of hydrogen-bond donors (Lipinski definition) is 0. The number of benzene rings is 1. The van der Waals surface area contributed by atoms with Crippen molar-refractivity contribution >= 4 is 11.9 Å². The largest absolute Gasteiger partial charge is 0.463 e. The van der Waals surface area contributed by atoms with Gasteiger partial charge in [-0.05, 0) is 13.8 Å². The van der Waals surface area contributed by atoms with Crippen molar-refractivity contribution in [1.29, 1.82) is 0 Å². The van der Waals surface area contributed by atoms with E-state index in [0.29, 0.717) is 0 Å². The molecule has 2 atom stereocenters. The van der Waals surface area contributed by atoms with Gasteiger partial charge < -0.3 is 14.2 Å². The van der Waals surface area contributed by atoms with Crippen LogP contribution in [0.25, 0.3) is 0 Å². The molecule has 0 fully saturated rings. The zero-order valence-corrected chi connectivity index (χ0v) is 12.8. The van der Waals surface area contributed by atoms with Crippen LogP contribution in [0, 0.1) is 0 Å². The zero-order valence-electron chi connectivity index (χ0n) is 12.8. The third kappa shape index (κ3) is 3.82. The highest BCUT2D eigenvalue weighted by Crippen LogP contribution is 2.43. The standard InChI is InChI=1S/C15H17F3O5/c1-4-22-12(19)10(2)23-13(20)14(21-3,15(16,17)18)11-8-6-5-7-9-11/h5-10H,4H2,1-3H3/t10?,14-/m0/s1. The van der Waals surface area contributed by atoms with Gasteiger partial charge in [-0.3, -0.25) is 0 Å². The molecule has 1 aromatic rings. The number of rotatable bonds is 6. The molecule has 0 aliphatic heterocycles. The maximum atomic E-state index is 13.6. The first-order chi connectivity index (χ1) is 10.7. The number of esters is 2. The van der Waals surface area contributed by atoms with Gasteiger partial charge in [0.15, 0.2) is 6.10 Å². The monoisotopic (exact) mass is 334 g/mol. The Morgan fingerprint density at radius 2 is 1.74 bits per heavy atom. The van der Waals surface area contributed by atoms with Crippen molar-refractivity contribution in [2.24, 2.45) is 0 Å². The normalized spacial score (nSPS) is 15.4. The molecule has 0 radical (unpaired) electrons. The second-order valence-corrected chi connectivity index (χ2v) is 4.55. The molecule has 0 aliphatic carbocycles. The Labute approximate surface area is 131 Å². The van der Waals surface area contributed by atoms with Crippen molar-refractivity contribution in [3.05, 3.63) is 35.9 Å². The third-order valence-corrected chi connectivity index (χ3v) is 3.08. The van der Waals surface area contributed by atoms with Crippen LogP contribution in [0.4, 0.5) is 13.2 Å². The molecule has 1 aromatic carbocycles. The lowest BCUT2D eigenvalue weighted by Gasteiger charge is -2.33. The van der Waals surface area contributed by atoms with Gasteiger partial charge in [0.1, 0.15) is 0 Å². The summed E-state index contributed by atoms with van der Waals surface area (Å²) in [5.74, 6) is -2.68. The Morgan fingerprint density at radius 1 is 1.17 bits per heavy atom. The Hall–Kier alpha value is -2.09. The maximum absolute atomic E-state index is 13.6. The summed E-state index contributed by atoms with van der Waals surface area (Å²) in [7, 11) is 0.747. The van der Waals surface area contributed by atoms with E-state index in [0.717, 1.165) is 26.2 Å². The van der Waals surface area contributed by atoms with E-state index in [2.05, 4.69) is 14.2 Å². The van der Waals surface area contributed by atoms with Gasteiger partial charge in [0, 0.05) is 12.7 Å². The molecule has 5 nitrogen and oxygen atoms in total. The van der Waals surface area contributed by atoms with Crippen LogP contribution in [-0.4, -0.2) is 37.9 Å². The van der Waals surface area contributed by atoms with Crippen molar-refractivity contribution in [3.63, 3.8) is 0 Å². The first-order valence-electron chi connectivity index (χ1n) is 6.75. The third-order valence-electron chi connectivity index (χ3n) is 3.08. The molecule has 0 N–H and O–H groups in total. The van der Waals surface area contributed by atoms with Gasteiger partial charge in [0.25, 0.3) is 5.60 Å². The van der Waals surface area contributed by atoms with E-state index in [1.165, 1.54) is 25.1 Å². The molecule has 0 aromatic heterocycles. The van der Waals surface area contributed by atoms with Crippen LogP contribution in [0.1, 0.15) is 19.4 Å². The molecule has 0 bridgehead atoms. The molecular weight excluding hydrogens is 317 g/mol. The molecule has 0 amide bonds. The van der Waals surface area contributed by atoms with Crippen LogP contribution in [0.5, 0.6) is 0 Å². The molecule has 8 heteroatoms. The molecule has 23 heavy (non-hydrogen) atoms. The Balaban J connectivity index is 3.21. The number of ether oxygens (including phenoxy) is 3. The molecule has 1 rings (SSSR count). The van der Waals surface area contributed by atoms with E-state index < -0.39 is 35.4 Å². The fourth-order valence-corrected chi connectivity index (χ4v) is 1.94. The van der Waals surface area contributed by atoms with Crippen molar-refractivity contribution in [3.8, 4) is 0 Å². The van der Waals surface area contributed by atoms with Crippen molar-refractivity contribution in [2.75, 3.05) is 13.7 Å². The zero-order chi connectivity index (χ0) is 17.7. The van der Waals surface area contributed by atoms with E-state index in [4.69, 9.17) is 0 Å². The minimum absolute atomic E-state index is 0.00804. The SMILES string of the molecule is CCOC(=O)C(C)OC(=O)[C@@](OC)(c1ccccc1)C(F)(F)F. The number of methoxy groups -OCH3 is 1. The molecule has 0 heterocycles. The number of carbonyl (C=O) groups excluding carboxylic acids is 2. The molecule has 0 saturated carbocycles. The van der Waals surface area contributed by atoms with Gasteiger partial charge in [-0.2, -0.15) is 13.2 Å². The minimum Gasteiger partial charge on any atom is -0.463 e. The van der Waals surface area contributed by atoms with Crippen LogP contribution in [-0.2, 0) is 29.4 Å². The molecule has 128 valence electrons. The van der Waals surface area contributed by atoms with E-state index in [1.807, 2.05) is 0 Å². The quantitative estimate of drug-likeness (QED) is 0.748. The average molecular weight is 334 g/mol. The highest BCUT2D eigenvalue weighted by Gasteiger charge is 2.64. The lowest BCUT2D eigenvalue weighted by Crippen LogP contribution is -2.52. The van der Waals surface area contributed by atoms with Crippen LogP contribution in [0.3, 0.4) is 0 Å². The summed E-state index contributed by atoms with van der Waals surface area (Å²) in [6.45, 7) is 2.65. The topological polar surface area (TPSA) is 61.8 Å². The van der Waals surface area contributed by atoms with E-state index in [1.54, 1.807) is 0 Å². The molecule has 0 spiro atoms. The fraction of sp³-hybridized carbons (Fsp3) is 0.467. The van der Waals surface area contributed by atoms with Crippen LogP contribution < -0.4 is 0 Å². The highest BCUT2D eigenvalue weighted by atomic mass is 19.4. The summed E-state index contributed by atoms with van der Waals surface area (Å²) in [6.07, 6.45) is -6.59. The van der Waals surface area contributed by atoms with Gasteiger partial charge in [0.05, 0.1) is 6.61 Å². The van der Waals surface area contributed by atoms with Crippen molar-refractivity contribution in [1.82, 2.24) is 0 Å². The summed E-state index contributed by atoms with van der Waals surface area (Å²) in [5.41, 5.74) is -3.77. The average Bonchev–Trinajstić information content (AvgIpc) is 2.48. The summed E-state index contributed by atoms with van der Waals surface area (Å²) in [6, 6.07) is 6.33. The number of carbonyl (C=O) groups is 2. The smallest absolute Gasteiger partial charge is 0.432 e. The van der Waals surface area contributed by atoms with E-state index in [-0.39, 0.29) is 6.61 Å². The van der Waals surface area contributed by atoms with Crippen molar-refractivity contribution in [2.45, 2.75) is 31.7 Å². The molecule has 0 saturated heterocycles. The summed E-state index contributed by atoms with van der Waals surface area (Å²) in [5, 5.41) is 0. The highest BCUT2D eigenvalue weighted by molar-refractivity contribution is 5.85. The summed E-state index contributed by atoms with van der Waals surface area (Å²) < 4.78 is 54.5. The van der Waals surface area contributed by atoms with E-state index >= 15 is 0 Å². The number of hydrogen-bond acceptors (Lipinski definition) is 5. The fourth-order valence-electron chi connectivity index (χ4n) is 1.94. The number of alkyl halides is 3. The second kappa shape index (κ2) is 7.45. The van der Waals surface area contributed by atoms with Crippen LogP contribution >= 0.6 is 0 Å². The Morgan fingerprint density at radius 3 is 2.17 bits per heavy atom. The first-order valence-corrected chi connectivity index (χ1v) is 6.75. The predicted octanol–water partition coefficient (Wildman–Crippen LogP) is 2.59. The lowest BCUT2D eigenvalue weighted by atomic mass is 9.92. The van der Waals surface area contributed by atoms with Gasteiger partial charge in [-0.1, -0.05) is 30.3 Å². The van der Waals surface area contributed by atoms with Gasteiger partial charge in [-0.25, -0.2) is 9.59 Å². The maximum Gasteiger partial charge on any atom is 0.432 e. The predicted molar refractivity (Wildman–Crippen MR) is 73.4 cm³/mol. The Bertz CT molecular complexity index is 544. The Kier molecular flexibility index (Phi) is 6.14. The van der Waals surface area contributed by atoms with Crippen LogP contribution in [0.2, 0.25) is 0 Å².